The molecule has 0 saturated carbocycles. The van der Waals surface area contributed by atoms with Crippen molar-refractivity contribution in [3.05, 3.63) is 0 Å². The Morgan fingerprint density at radius 2 is 1.30 bits per heavy atom. The number of unbranched alkanes of at least 4 members (excludes halogenated alkanes) is 2. The summed E-state index contributed by atoms with van der Waals surface area (Å²) >= 11 is 0. The number of aldehydes is 2. The molecule has 0 spiro atoms. The molecule has 0 aliphatic heterocycles. The average molecular weight is 138 g/mol. The summed E-state index contributed by atoms with van der Waals surface area (Å²) in [5, 5.41) is 0. The highest BCUT2D eigenvalue weighted by Gasteiger charge is 1.77. The standard InChI is InChI=1S/C8H10O2/c9-7-5-3-1-2-4-6-8-10/h7-8H,3-6H2. The first-order valence-electron chi connectivity index (χ1n) is 3.25. The van der Waals surface area contributed by atoms with E-state index in [1.54, 1.807) is 0 Å². The Labute approximate surface area is 60.6 Å². The Balaban J connectivity index is 3.13. The van der Waals surface area contributed by atoms with Gasteiger partial charge in [-0.1, -0.05) is 0 Å². The van der Waals surface area contributed by atoms with Gasteiger partial charge in [-0.2, -0.15) is 0 Å². The zero-order valence-corrected chi connectivity index (χ0v) is 5.80. The largest absolute Gasteiger partial charge is 0.303 e. The monoisotopic (exact) mass is 138 g/mol. The molecule has 0 amide bonds. The highest BCUT2D eigenvalue weighted by Crippen LogP contribution is 1.83. The summed E-state index contributed by atoms with van der Waals surface area (Å²) in [6, 6.07) is 0. The molecule has 0 saturated heterocycles. The molecule has 0 aromatic carbocycles. The fourth-order valence-electron chi connectivity index (χ4n) is 0.439. The van der Waals surface area contributed by atoms with Gasteiger partial charge in [0.05, 0.1) is 0 Å². The Morgan fingerprint density at radius 1 is 0.900 bits per heavy atom. The molecule has 0 atom stereocenters. The molecule has 0 aromatic heterocycles. The van der Waals surface area contributed by atoms with Crippen LogP contribution in [-0.4, -0.2) is 12.6 Å². The summed E-state index contributed by atoms with van der Waals surface area (Å²) in [6.45, 7) is 0. The summed E-state index contributed by atoms with van der Waals surface area (Å²) in [5.41, 5.74) is 0. The molecule has 2 nitrogen and oxygen atoms in total. The van der Waals surface area contributed by atoms with Gasteiger partial charge >= 0.3 is 0 Å². The third kappa shape index (κ3) is 6.90. The van der Waals surface area contributed by atoms with Gasteiger partial charge in [-0.3, -0.25) is 0 Å². The molecular weight excluding hydrogens is 128 g/mol. The lowest BCUT2D eigenvalue weighted by molar-refractivity contribution is -0.108. The van der Waals surface area contributed by atoms with Crippen LogP contribution in [0.1, 0.15) is 25.7 Å². The van der Waals surface area contributed by atoms with Gasteiger partial charge in [0.15, 0.2) is 0 Å². The molecule has 0 rings (SSSR count). The molecule has 0 aliphatic carbocycles. The summed E-state index contributed by atoms with van der Waals surface area (Å²) in [5.74, 6) is 5.56. The van der Waals surface area contributed by atoms with Crippen molar-refractivity contribution in [2.45, 2.75) is 25.7 Å². The van der Waals surface area contributed by atoms with Crippen LogP contribution < -0.4 is 0 Å². The Morgan fingerprint density at radius 3 is 1.60 bits per heavy atom. The zero-order valence-electron chi connectivity index (χ0n) is 5.80. The molecule has 0 N–H and O–H groups in total. The number of carbonyl (C=O) groups excluding carboxylic acids is 2. The van der Waals surface area contributed by atoms with E-state index in [1.807, 2.05) is 0 Å². The first-order valence-corrected chi connectivity index (χ1v) is 3.25. The lowest BCUT2D eigenvalue weighted by Gasteiger charge is -1.77. The summed E-state index contributed by atoms with van der Waals surface area (Å²) in [6.07, 6.45) is 3.90. The molecule has 0 aliphatic rings. The molecule has 10 heavy (non-hydrogen) atoms. The van der Waals surface area contributed by atoms with Gasteiger partial charge in [-0.05, 0) is 0 Å². The molecule has 0 bridgehead atoms. The van der Waals surface area contributed by atoms with Crippen LogP contribution in [0, 0.1) is 11.8 Å². The molecule has 54 valence electrons. The van der Waals surface area contributed by atoms with Crippen LogP contribution in [0.15, 0.2) is 0 Å². The van der Waals surface area contributed by atoms with E-state index in [0.29, 0.717) is 25.7 Å². The normalized spacial score (nSPS) is 7.60. The fourth-order valence-corrected chi connectivity index (χ4v) is 0.439. The summed E-state index contributed by atoms with van der Waals surface area (Å²) in [4.78, 5) is 19.5. The van der Waals surface area contributed by atoms with Crippen molar-refractivity contribution in [1.29, 1.82) is 0 Å². The average Bonchev–Trinajstić information content (AvgIpc) is 1.97. The first-order chi connectivity index (χ1) is 4.91. The van der Waals surface area contributed by atoms with E-state index in [0.717, 1.165) is 12.6 Å². The Hall–Kier alpha value is -1.10. The second-order valence-electron chi connectivity index (χ2n) is 1.76. The van der Waals surface area contributed by atoms with Crippen LogP contribution >= 0.6 is 0 Å². The van der Waals surface area contributed by atoms with E-state index in [4.69, 9.17) is 0 Å². The molecule has 0 radical (unpaired) electrons. The second kappa shape index (κ2) is 7.90. The molecule has 2 heteroatoms. The van der Waals surface area contributed by atoms with Crippen molar-refractivity contribution in [2.75, 3.05) is 0 Å². The number of hydrogen-bond acceptors (Lipinski definition) is 2. The predicted molar refractivity (Wildman–Crippen MR) is 38.4 cm³/mol. The number of hydrogen-bond donors (Lipinski definition) is 0. The van der Waals surface area contributed by atoms with Crippen molar-refractivity contribution in [3.63, 3.8) is 0 Å². The van der Waals surface area contributed by atoms with E-state index in [-0.39, 0.29) is 0 Å². The Bertz CT molecular complexity index is 134. The molecular formula is C8H10O2. The third-order valence-electron chi connectivity index (χ3n) is 0.899. The number of rotatable bonds is 4. The van der Waals surface area contributed by atoms with E-state index in [2.05, 4.69) is 11.8 Å². The first kappa shape index (κ1) is 8.90. The van der Waals surface area contributed by atoms with E-state index >= 15 is 0 Å². The van der Waals surface area contributed by atoms with Crippen LogP contribution in [0.25, 0.3) is 0 Å². The van der Waals surface area contributed by atoms with Crippen molar-refractivity contribution >= 4 is 12.6 Å². The maximum absolute atomic E-state index is 9.77. The van der Waals surface area contributed by atoms with Crippen molar-refractivity contribution in [2.24, 2.45) is 0 Å². The van der Waals surface area contributed by atoms with Crippen LogP contribution in [0.5, 0.6) is 0 Å². The van der Waals surface area contributed by atoms with Crippen molar-refractivity contribution in [3.8, 4) is 11.8 Å². The fraction of sp³-hybridized carbons (Fsp3) is 0.500. The minimum Gasteiger partial charge on any atom is -0.303 e. The maximum Gasteiger partial charge on any atom is 0.120 e. The molecule has 0 unspecified atom stereocenters. The lowest BCUT2D eigenvalue weighted by Crippen LogP contribution is -1.73. The highest BCUT2D eigenvalue weighted by atomic mass is 16.1. The second-order valence-corrected chi connectivity index (χ2v) is 1.76. The smallest absolute Gasteiger partial charge is 0.120 e. The van der Waals surface area contributed by atoms with Gasteiger partial charge in [0.25, 0.3) is 0 Å². The molecule has 0 aromatic rings. The SMILES string of the molecule is O=CCCC#CCCC=O. The highest BCUT2D eigenvalue weighted by molar-refractivity contribution is 5.50. The maximum atomic E-state index is 9.77. The van der Waals surface area contributed by atoms with Crippen LogP contribution in [0.4, 0.5) is 0 Å². The lowest BCUT2D eigenvalue weighted by atomic mass is 10.3. The number of carbonyl (C=O) groups is 2. The van der Waals surface area contributed by atoms with Crippen molar-refractivity contribution < 1.29 is 9.59 Å². The van der Waals surface area contributed by atoms with E-state index < -0.39 is 0 Å². The van der Waals surface area contributed by atoms with Crippen molar-refractivity contribution in [1.82, 2.24) is 0 Å². The quantitative estimate of drug-likeness (QED) is 0.329. The molecule has 0 fully saturated rings. The zero-order chi connectivity index (χ0) is 7.66. The van der Waals surface area contributed by atoms with Gasteiger partial charge < -0.3 is 9.59 Å². The minimum absolute atomic E-state index is 0.494. The van der Waals surface area contributed by atoms with Gasteiger partial charge in [0.1, 0.15) is 12.6 Å². The van der Waals surface area contributed by atoms with Crippen LogP contribution in [0.2, 0.25) is 0 Å². The summed E-state index contributed by atoms with van der Waals surface area (Å²) in [7, 11) is 0. The predicted octanol–water partition coefficient (Wildman–Crippen LogP) is 0.948. The van der Waals surface area contributed by atoms with Gasteiger partial charge in [-0.15, -0.1) is 11.8 Å². The summed E-state index contributed by atoms with van der Waals surface area (Å²) < 4.78 is 0. The third-order valence-corrected chi connectivity index (χ3v) is 0.899. The van der Waals surface area contributed by atoms with Crippen LogP contribution in [0.3, 0.4) is 0 Å². The van der Waals surface area contributed by atoms with Gasteiger partial charge in [0.2, 0.25) is 0 Å². The van der Waals surface area contributed by atoms with Gasteiger partial charge in [0, 0.05) is 25.7 Å². The minimum atomic E-state index is 0.494. The van der Waals surface area contributed by atoms with E-state index in [9.17, 15) is 9.59 Å². The Kier molecular flexibility index (Phi) is 7.03. The van der Waals surface area contributed by atoms with E-state index in [1.165, 1.54) is 0 Å². The van der Waals surface area contributed by atoms with Crippen LogP contribution in [-0.2, 0) is 9.59 Å². The van der Waals surface area contributed by atoms with Gasteiger partial charge in [-0.25, -0.2) is 0 Å². The molecule has 0 heterocycles. The topological polar surface area (TPSA) is 34.1 Å².